The zero-order valence-corrected chi connectivity index (χ0v) is 10.8. The fourth-order valence-corrected chi connectivity index (χ4v) is 2.78. The lowest BCUT2D eigenvalue weighted by Crippen LogP contribution is -2.43. The van der Waals surface area contributed by atoms with Crippen molar-refractivity contribution >= 4 is 11.6 Å². The molecular weight excluding hydrogens is 224 g/mol. The van der Waals surface area contributed by atoms with E-state index in [0.717, 1.165) is 38.1 Å². The molecule has 0 unspecified atom stereocenters. The van der Waals surface area contributed by atoms with Gasteiger partial charge in [-0.25, -0.2) is 0 Å². The van der Waals surface area contributed by atoms with E-state index in [9.17, 15) is 0 Å². The molecule has 2 heterocycles. The average Bonchev–Trinajstić information content (AvgIpc) is 2.38. The van der Waals surface area contributed by atoms with Crippen molar-refractivity contribution in [2.45, 2.75) is 12.8 Å². The summed E-state index contributed by atoms with van der Waals surface area (Å²) in [5, 5.41) is 0. The van der Waals surface area contributed by atoms with E-state index in [1.54, 1.807) is 0 Å². The lowest BCUT2D eigenvalue weighted by Gasteiger charge is -2.33. The van der Waals surface area contributed by atoms with Crippen molar-refractivity contribution in [2.24, 2.45) is 5.92 Å². The number of rotatable bonds is 4. The highest BCUT2D eigenvalue weighted by Crippen LogP contribution is 2.17. The summed E-state index contributed by atoms with van der Waals surface area (Å²) in [6, 6.07) is 0. The molecule has 0 radical (unpaired) electrons. The van der Waals surface area contributed by atoms with Crippen LogP contribution in [0.15, 0.2) is 0 Å². The van der Waals surface area contributed by atoms with Crippen LogP contribution >= 0.6 is 11.6 Å². The molecule has 2 saturated heterocycles. The Morgan fingerprint density at radius 1 is 0.938 bits per heavy atom. The molecule has 0 atom stereocenters. The molecule has 0 spiro atoms. The average molecular weight is 247 g/mol. The zero-order chi connectivity index (χ0) is 11.2. The van der Waals surface area contributed by atoms with Gasteiger partial charge in [-0.3, -0.25) is 4.90 Å². The molecule has 0 bridgehead atoms. The number of likely N-dealkylation sites (tertiary alicyclic amines) is 1. The monoisotopic (exact) mass is 246 g/mol. The summed E-state index contributed by atoms with van der Waals surface area (Å²) >= 11 is 5.89. The lowest BCUT2D eigenvalue weighted by atomic mass is 9.99. The molecule has 94 valence electrons. The van der Waals surface area contributed by atoms with Crippen LogP contribution < -0.4 is 0 Å². The van der Waals surface area contributed by atoms with Crippen LogP contribution in [0.1, 0.15) is 12.8 Å². The van der Waals surface area contributed by atoms with Gasteiger partial charge in [0, 0.05) is 32.1 Å². The van der Waals surface area contributed by atoms with Crippen LogP contribution in [0.3, 0.4) is 0 Å². The van der Waals surface area contributed by atoms with Crippen LogP contribution in [0.5, 0.6) is 0 Å². The van der Waals surface area contributed by atoms with Crippen molar-refractivity contribution < 1.29 is 4.74 Å². The SMILES string of the molecule is ClCC1CCN(CCN2CCOCC2)CC1. The molecule has 2 aliphatic rings. The third-order valence-electron chi connectivity index (χ3n) is 3.76. The Balaban J connectivity index is 1.59. The summed E-state index contributed by atoms with van der Waals surface area (Å²) in [6.07, 6.45) is 2.57. The number of piperidine rings is 1. The first-order chi connectivity index (χ1) is 7.88. The Hall–Kier alpha value is 0.170. The molecule has 4 heteroatoms. The van der Waals surface area contributed by atoms with Gasteiger partial charge in [0.15, 0.2) is 0 Å². The Labute approximate surface area is 104 Å². The van der Waals surface area contributed by atoms with E-state index in [0.29, 0.717) is 0 Å². The molecule has 2 fully saturated rings. The first kappa shape index (κ1) is 12.6. The van der Waals surface area contributed by atoms with E-state index in [1.807, 2.05) is 0 Å². The molecule has 0 aromatic rings. The normalized spacial score (nSPS) is 26.1. The minimum Gasteiger partial charge on any atom is -0.379 e. The van der Waals surface area contributed by atoms with Crippen LogP contribution in [0.4, 0.5) is 0 Å². The van der Waals surface area contributed by atoms with Crippen LogP contribution in [-0.2, 0) is 4.74 Å². The summed E-state index contributed by atoms with van der Waals surface area (Å²) in [5.74, 6) is 1.61. The van der Waals surface area contributed by atoms with E-state index in [1.165, 1.54) is 39.0 Å². The molecule has 0 aromatic heterocycles. The van der Waals surface area contributed by atoms with Gasteiger partial charge in [0.1, 0.15) is 0 Å². The number of nitrogens with zero attached hydrogens (tertiary/aromatic N) is 2. The number of morpholine rings is 1. The smallest absolute Gasteiger partial charge is 0.0594 e. The first-order valence-electron chi connectivity index (χ1n) is 6.47. The summed E-state index contributed by atoms with van der Waals surface area (Å²) < 4.78 is 5.35. The molecule has 2 aliphatic heterocycles. The fraction of sp³-hybridized carbons (Fsp3) is 1.00. The fourth-order valence-electron chi connectivity index (χ4n) is 2.47. The van der Waals surface area contributed by atoms with Crippen LogP contribution in [0.2, 0.25) is 0 Å². The number of halogens is 1. The minimum atomic E-state index is 0.765. The van der Waals surface area contributed by atoms with Crippen molar-refractivity contribution in [3.05, 3.63) is 0 Å². The van der Waals surface area contributed by atoms with Crippen molar-refractivity contribution in [1.29, 1.82) is 0 Å². The second-order valence-corrected chi connectivity index (χ2v) is 5.20. The molecule has 0 aliphatic carbocycles. The molecule has 3 nitrogen and oxygen atoms in total. The third kappa shape index (κ3) is 3.88. The maximum atomic E-state index is 5.89. The van der Waals surface area contributed by atoms with E-state index >= 15 is 0 Å². The quantitative estimate of drug-likeness (QED) is 0.695. The topological polar surface area (TPSA) is 15.7 Å². The van der Waals surface area contributed by atoms with Crippen molar-refractivity contribution in [1.82, 2.24) is 9.80 Å². The Morgan fingerprint density at radius 3 is 2.06 bits per heavy atom. The zero-order valence-electron chi connectivity index (χ0n) is 10.0. The standard InChI is InChI=1S/C12H23ClN2O/c13-11-12-1-3-14(4-2-12)5-6-15-7-9-16-10-8-15/h12H,1-11H2. The molecular formula is C12H23ClN2O. The van der Waals surface area contributed by atoms with E-state index in [2.05, 4.69) is 9.80 Å². The summed E-state index contributed by atoms with van der Waals surface area (Å²) in [4.78, 5) is 5.09. The molecule has 0 amide bonds. The highest BCUT2D eigenvalue weighted by Gasteiger charge is 2.19. The van der Waals surface area contributed by atoms with Gasteiger partial charge < -0.3 is 9.64 Å². The van der Waals surface area contributed by atoms with Gasteiger partial charge in [-0.05, 0) is 31.8 Å². The number of hydrogen-bond acceptors (Lipinski definition) is 3. The Kier molecular flexibility index (Phi) is 5.36. The van der Waals surface area contributed by atoms with Gasteiger partial charge in [-0.2, -0.15) is 0 Å². The van der Waals surface area contributed by atoms with Gasteiger partial charge in [0.2, 0.25) is 0 Å². The van der Waals surface area contributed by atoms with Crippen molar-refractivity contribution in [3.63, 3.8) is 0 Å². The van der Waals surface area contributed by atoms with Crippen LogP contribution in [0.25, 0.3) is 0 Å². The van der Waals surface area contributed by atoms with E-state index < -0.39 is 0 Å². The minimum absolute atomic E-state index is 0.765. The van der Waals surface area contributed by atoms with Gasteiger partial charge in [-0.15, -0.1) is 11.6 Å². The number of alkyl halides is 1. The highest BCUT2D eigenvalue weighted by atomic mass is 35.5. The lowest BCUT2D eigenvalue weighted by molar-refractivity contribution is 0.0316. The van der Waals surface area contributed by atoms with Gasteiger partial charge >= 0.3 is 0 Å². The number of ether oxygens (including phenoxy) is 1. The maximum absolute atomic E-state index is 5.89. The van der Waals surface area contributed by atoms with Gasteiger partial charge in [-0.1, -0.05) is 0 Å². The predicted molar refractivity (Wildman–Crippen MR) is 67.1 cm³/mol. The highest BCUT2D eigenvalue weighted by molar-refractivity contribution is 6.18. The summed E-state index contributed by atoms with van der Waals surface area (Å²) in [6.45, 7) is 8.94. The molecule has 16 heavy (non-hydrogen) atoms. The molecule has 0 aromatic carbocycles. The van der Waals surface area contributed by atoms with E-state index in [4.69, 9.17) is 16.3 Å². The Bertz CT molecular complexity index is 189. The third-order valence-corrected chi connectivity index (χ3v) is 4.20. The predicted octanol–water partition coefficient (Wildman–Crippen LogP) is 1.27. The second kappa shape index (κ2) is 6.80. The van der Waals surface area contributed by atoms with Crippen molar-refractivity contribution in [2.75, 3.05) is 58.4 Å². The number of hydrogen-bond donors (Lipinski definition) is 0. The van der Waals surface area contributed by atoms with E-state index in [-0.39, 0.29) is 0 Å². The van der Waals surface area contributed by atoms with Crippen LogP contribution in [0, 0.1) is 5.92 Å². The molecule has 2 rings (SSSR count). The maximum Gasteiger partial charge on any atom is 0.0594 e. The van der Waals surface area contributed by atoms with Gasteiger partial charge in [0.05, 0.1) is 13.2 Å². The molecule has 0 N–H and O–H groups in total. The summed E-state index contributed by atoms with van der Waals surface area (Å²) in [7, 11) is 0. The van der Waals surface area contributed by atoms with Gasteiger partial charge in [0.25, 0.3) is 0 Å². The van der Waals surface area contributed by atoms with Crippen LogP contribution in [-0.4, -0.2) is 68.2 Å². The molecule has 0 saturated carbocycles. The summed E-state index contributed by atoms with van der Waals surface area (Å²) in [5.41, 5.74) is 0. The second-order valence-electron chi connectivity index (χ2n) is 4.89. The Morgan fingerprint density at radius 2 is 1.50 bits per heavy atom. The first-order valence-corrected chi connectivity index (χ1v) is 7.00. The largest absolute Gasteiger partial charge is 0.379 e. The van der Waals surface area contributed by atoms with Crippen molar-refractivity contribution in [3.8, 4) is 0 Å².